The van der Waals surface area contributed by atoms with E-state index in [2.05, 4.69) is 15.6 Å². The number of nitrogens with one attached hydrogen (secondary N) is 2. The number of anilines is 1. The molecule has 0 saturated carbocycles. The molecular formula is C15H19N3OS. The van der Waals surface area contributed by atoms with E-state index in [-0.39, 0.29) is 5.91 Å². The molecule has 4 nitrogen and oxygen atoms in total. The van der Waals surface area contributed by atoms with Gasteiger partial charge >= 0.3 is 0 Å². The minimum absolute atomic E-state index is 0.0477. The SMILES string of the molecule is CCNc1ccccc1C(=O)NCCc1csc(C)n1. The van der Waals surface area contributed by atoms with Crippen LogP contribution in [0.3, 0.4) is 0 Å². The van der Waals surface area contributed by atoms with E-state index in [4.69, 9.17) is 0 Å². The Balaban J connectivity index is 1.91. The average molecular weight is 289 g/mol. The summed E-state index contributed by atoms with van der Waals surface area (Å²) in [5.74, 6) is -0.0477. The first-order chi connectivity index (χ1) is 9.70. The van der Waals surface area contributed by atoms with Crippen LogP contribution in [0.25, 0.3) is 0 Å². The van der Waals surface area contributed by atoms with Crippen molar-refractivity contribution in [3.8, 4) is 0 Å². The molecule has 0 unspecified atom stereocenters. The second-order valence-corrected chi connectivity index (χ2v) is 5.50. The Morgan fingerprint density at radius 2 is 2.15 bits per heavy atom. The number of aryl methyl sites for hydroxylation is 1. The van der Waals surface area contributed by atoms with Crippen molar-refractivity contribution >= 4 is 22.9 Å². The van der Waals surface area contributed by atoms with Gasteiger partial charge in [-0.15, -0.1) is 11.3 Å². The zero-order valence-electron chi connectivity index (χ0n) is 11.8. The number of hydrogen-bond acceptors (Lipinski definition) is 4. The molecule has 0 fully saturated rings. The number of hydrogen-bond donors (Lipinski definition) is 2. The molecule has 2 aromatic rings. The number of thiazole rings is 1. The highest BCUT2D eigenvalue weighted by Gasteiger charge is 2.09. The number of benzene rings is 1. The van der Waals surface area contributed by atoms with Gasteiger partial charge in [0.1, 0.15) is 0 Å². The predicted molar refractivity (Wildman–Crippen MR) is 83.5 cm³/mol. The molecular weight excluding hydrogens is 270 g/mol. The first-order valence-corrected chi connectivity index (χ1v) is 7.60. The monoisotopic (exact) mass is 289 g/mol. The van der Waals surface area contributed by atoms with E-state index in [1.165, 1.54) is 0 Å². The van der Waals surface area contributed by atoms with E-state index in [1.54, 1.807) is 11.3 Å². The Morgan fingerprint density at radius 3 is 2.85 bits per heavy atom. The number of aromatic nitrogens is 1. The molecule has 20 heavy (non-hydrogen) atoms. The minimum atomic E-state index is -0.0477. The number of carbonyl (C=O) groups is 1. The van der Waals surface area contributed by atoms with Crippen molar-refractivity contribution < 1.29 is 4.79 Å². The summed E-state index contributed by atoms with van der Waals surface area (Å²) in [7, 11) is 0. The highest BCUT2D eigenvalue weighted by Crippen LogP contribution is 2.14. The summed E-state index contributed by atoms with van der Waals surface area (Å²) in [5.41, 5.74) is 2.59. The van der Waals surface area contributed by atoms with Crippen LogP contribution in [-0.4, -0.2) is 24.0 Å². The summed E-state index contributed by atoms with van der Waals surface area (Å²) in [4.78, 5) is 16.5. The Bertz CT molecular complexity index is 580. The molecule has 0 aliphatic heterocycles. The Labute approximate surface area is 123 Å². The van der Waals surface area contributed by atoms with Crippen LogP contribution in [0, 0.1) is 6.92 Å². The van der Waals surface area contributed by atoms with Gasteiger partial charge in [0.25, 0.3) is 5.91 Å². The number of rotatable bonds is 6. The summed E-state index contributed by atoms with van der Waals surface area (Å²) < 4.78 is 0. The fourth-order valence-electron chi connectivity index (χ4n) is 1.95. The van der Waals surface area contributed by atoms with E-state index in [9.17, 15) is 4.79 Å². The Morgan fingerprint density at radius 1 is 1.35 bits per heavy atom. The maximum atomic E-state index is 12.2. The van der Waals surface area contributed by atoms with Crippen molar-refractivity contribution in [2.75, 3.05) is 18.4 Å². The van der Waals surface area contributed by atoms with Crippen LogP contribution in [0.15, 0.2) is 29.6 Å². The van der Waals surface area contributed by atoms with Crippen molar-refractivity contribution in [1.29, 1.82) is 0 Å². The molecule has 2 rings (SSSR count). The first kappa shape index (κ1) is 14.5. The minimum Gasteiger partial charge on any atom is -0.385 e. The second-order valence-electron chi connectivity index (χ2n) is 4.44. The van der Waals surface area contributed by atoms with Crippen molar-refractivity contribution in [1.82, 2.24) is 10.3 Å². The molecule has 1 heterocycles. The zero-order chi connectivity index (χ0) is 14.4. The lowest BCUT2D eigenvalue weighted by Crippen LogP contribution is -2.26. The lowest BCUT2D eigenvalue weighted by Gasteiger charge is -2.10. The molecule has 0 saturated heterocycles. The number of amides is 1. The van der Waals surface area contributed by atoms with Crippen LogP contribution in [0.4, 0.5) is 5.69 Å². The first-order valence-electron chi connectivity index (χ1n) is 6.72. The van der Waals surface area contributed by atoms with E-state index in [1.807, 2.05) is 43.5 Å². The van der Waals surface area contributed by atoms with Crippen LogP contribution in [0.2, 0.25) is 0 Å². The van der Waals surface area contributed by atoms with Gasteiger partial charge < -0.3 is 10.6 Å². The third-order valence-electron chi connectivity index (χ3n) is 2.87. The topological polar surface area (TPSA) is 54.0 Å². The highest BCUT2D eigenvalue weighted by molar-refractivity contribution is 7.09. The van der Waals surface area contributed by atoms with Gasteiger partial charge in [-0.05, 0) is 26.0 Å². The van der Waals surface area contributed by atoms with Gasteiger partial charge in [0.2, 0.25) is 0 Å². The summed E-state index contributed by atoms with van der Waals surface area (Å²) >= 11 is 1.63. The van der Waals surface area contributed by atoms with Crippen LogP contribution in [-0.2, 0) is 6.42 Å². The largest absolute Gasteiger partial charge is 0.385 e. The molecule has 0 atom stereocenters. The average Bonchev–Trinajstić information content (AvgIpc) is 2.85. The van der Waals surface area contributed by atoms with Crippen LogP contribution in [0.1, 0.15) is 28.0 Å². The summed E-state index contributed by atoms with van der Waals surface area (Å²) in [5, 5.41) is 9.23. The smallest absolute Gasteiger partial charge is 0.253 e. The van der Waals surface area contributed by atoms with Crippen LogP contribution in [0.5, 0.6) is 0 Å². The van der Waals surface area contributed by atoms with Crippen LogP contribution >= 0.6 is 11.3 Å². The fraction of sp³-hybridized carbons (Fsp3) is 0.333. The maximum Gasteiger partial charge on any atom is 0.253 e. The summed E-state index contributed by atoms with van der Waals surface area (Å²) in [6.45, 7) is 5.39. The summed E-state index contributed by atoms with van der Waals surface area (Å²) in [6.07, 6.45) is 0.763. The van der Waals surface area contributed by atoms with E-state index >= 15 is 0 Å². The van der Waals surface area contributed by atoms with Gasteiger partial charge in [0.05, 0.1) is 16.3 Å². The van der Waals surface area contributed by atoms with Gasteiger partial charge in [-0.3, -0.25) is 4.79 Å². The fourth-order valence-corrected chi connectivity index (χ4v) is 2.60. The highest BCUT2D eigenvalue weighted by atomic mass is 32.1. The molecule has 0 aliphatic rings. The lowest BCUT2D eigenvalue weighted by atomic mass is 10.1. The van der Waals surface area contributed by atoms with Gasteiger partial charge in [-0.25, -0.2) is 4.98 Å². The van der Waals surface area contributed by atoms with E-state index < -0.39 is 0 Å². The Kier molecular flexibility index (Phi) is 5.12. The molecule has 0 radical (unpaired) electrons. The molecule has 0 bridgehead atoms. The maximum absolute atomic E-state index is 12.2. The molecule has 106 valence electrons. The molecule has 0 spiro atoms. The number of para-hydroxylation sites is 1. The molecule has 1 aromatic carbocycles. The van der Waals surface area contributed by atoms with Gasteiger partial charge in [-0.2, -0.15) is 0 Å². The second kappa shape index (κ2) is 7.05. The number of carbonyl (C=O) groups excluding carboxylic acids is 1. The predicted octanol–water partition coefficient (Wildman–Crippen LogP) is 2.86. The third kappa shape index (κ3) is 3.81. The molecule has 1 aromatic heterocycles. The normalized spacial score (nSPS) is 10.3. The lowest BCUT2D eigenvalue weighted by molar-refractivity contribution is 0.0955. The Hall–Kier alpha value is -1.88. The molecule has 1 amide bonds. The standard InChI is InChI=1S/C15H19N3OS/c1-3-16-14-7-5-4-6-13(14)15(19)17-9-8-12-10-20-11(2)18-12/h4-7,10,16H,3,8-9H2,1-2H3,(H,17,19). The third-order valence-corrected chi connectivity index (χ3v) is 3.69. The van der Waals surface area contributed by atoms with Gasteiger partial charge in [-0.1, -0.05) is 12.1 Å². The molecule has 5 heteroatoms. The molecule has 0 aliphatic carbocycles. The van der Waals surface area contributed by atoms with E-state index in [0.717, 1.165) is 29.4 Å². The summed E-state index contributed by atoms with van der Waals surface area (Å²) in [6, 6.07) is 7.55. The number of nitrogens with zero attached hydrogens (tertiary/aromatic N) is 1. The van der Waals surface area contributed by atoms with Crippen molar-refractivity contribution in [2.24, 2.45) is 0 Å². The molecule has 2 N–H and O–H groups in total. The zero-order valence-corrected chi connectivity index (χ0v) is 12.6. The van der Waals surface area contributed by atoms with Gasteiger partial charge in [0, 0.05) is 30.6 Å². The van der Waals surface area contributed by atoms with Gasteiger partial charge in [0.15, 0.2) is 0 Å². The van der Waals surface area contributed by atoms with E-state index in [0.29, 0.717) is 12.1 Å². The van der Waals surface area contributed by atoms with Crippen molar-refractivity contribution in [3.63, 3.8) is 0 Å². The van der Waals surface area contributed by atoms with Crippen molar-refractivity contribution in [2.45, 2.75) is 20.3 Å². The quantitative estimate of drug-likeness (QED) is 0.860. The van der Waals surface area contributed by atoms with Crippen LogP contribution < -0.4 is 10.6 Å². The van der Waals surface area contributed by atoms with Crippen molar-refractivity contribution in [3.05, 3.63) is 45.9 Å².